The molecule has 3 rings (SSSR count). The van der Waals surface area contributed by atoms with Gasteiger partial charge in [-0.15, -0.1) is 10.2 Å². The molecule has 2 heterocycles. The SMILES string of the molecule is CN(C)c1ccc(N2CCN(C(=O)c3ccc(C(C)(C)C)cc3)CC2)nn1. The van der Waals surface area contributed by atoms with Crippen LogP contribution in [0.4, 0.5) is 11.6 Å². The van der Waals surface area contributed by atoms with E-state index in [2.05, 4.69) is 48.0 Å². The fourth-order valence-corrected chi connectivity index (χ4v) is 3.16. The molecule has 2 aromatic rings. The van der Waals surface area contributed by atoms with E-state index in [1.54, 1.807) is 0 Å². The molecular weight excluding hydrogens is 338 g/mol. The Bertz CT molecular complexity index is 770. The zero-order chi connectivity index (χ0) is 19.6. The van der Waals surface area contributed by atoms with Crippen LogP contribution in [0.15, 0.2) is 36.4 Å². The predicted octanol–water partition coefficient (Wildman–Crippen LogP) is 2.80. The van der Waals surface area contributed by atoms with Crippen molar-refractivity contribution in [3.63, 3.8) is 0 Å². The molecule has 0 aliphatic carbocycles. The Labute approximate surface area is 161 Å². The number of nitrogens with zero attached hydrogens (tertiary/aromatic N) is 5. The molecule has 27 heavy (non-hydrogen) atoms. The molecule has 144 valence electrons. The van der Waals surface area contributed by atoms with Crippen molar-refractivity contribution in [3.05, 3.63) is 47.5 Å². The minimum atomic E-state index is 0.0936. The van der Waals surface area contributed by atoms with Crippen LogP contribution in [0.5, 0.6) is 0 Å². The maximum atomic E-state index is 12.8. The van der Waals surface area contributed by atoms with Crippen molar-refractivity contribution in [2.24, 2.45) is 0 Å². The molecule has 1 fully saturated rings. The van der Waals surface area contributed by atoms with E-state index < -0.39 is 0 Å². The molecule has 0 N–H and O–H groups in total. The van der Waals surface area contributed by atoms with Crippen LogP contribution in [0.3, 0.4) is 0 Å². The Balaban J connectivity index is 1.60. The molecule has 1 aliphatic heterocycles. The topological polar surface area (TPSA) is 52.6 Å². The van der Waals surface area contributed by atoms with Gasteiger partial charge < -0.3 is 14.7 Å². The molecule has 1 aromatic heterocycles. The monoisotopic (exact) mass is 367 g/mol. The highest BCUT2D eigenvalue weighted by Crippen LogP contribution is 2.23. The van der Waals surface area contributed by atoms with Crippen molar-refractivity contribution in [2.75, 3.05) is 50.1 Å². The van der Waals surface area contributed by atoms with Crippen LogP contribution in [0.1, 0.15) is 36.7 Å². The lowest BCUT2D eigenvalue weighted by atomic mass is 9.86. The lowest BCUT2D eigenvalue weighted by Gasteiger charge is -2.35. The summed E-state index contributed by atoms with van der Waals surface area (Å²) >= 11 is 0. The van der Waals surface area contributed by atoms with Crippen LogP contribution < -0.4 is 9.80 Å². The zero-order valence-corrected chi connectivity index (χ0v) is 16.9. The average Bonchev–Trinajstić information content (AvgIpc) is 2.67. The van der Waals surface area contributed by atoms with Gasteiger partial charge in [0.25, 0.3) is 5.91 Å². The van der Waals surface area contributed by atoms with Crippen molar-refractivity contribution < 1.29 is 4.79 Å². The molecule has 6 nitrogen and oxygen atoms in total. The standard InChI is InChI=1S/C21H29N5O/c1-21(2,3)17-8-6-16(7-9-17)20(27)26-14-12-25(13-15-26)19-11-10-18(22-23-19)24(4)5/h6-11H,12-15H2,1-5H3. The number of piperazine rings is 1. The van der Waals surface area contributed by atoms with Crippen molar-refractivity contribution in [2.45, 2.75) is 26.2 Å². The second kappa shape index (κ2) is 7.55. The molecule has 0 bridgehead atoms. The minimum Gasteiger partial charge on any atom is -0.361 e. The Morgan fingerprint density at radius 2 is 1.56 bits per heavy atom. The van der Waals surface area contributed by atoms with Gasteiger partial charge in [-0.3, -0.25) is 4.79 Å². The number of aromatic nitrogens is 2. The number of amides is 1. The Kier molecular flexibility index (Phi) is 5.35. The van der Waals surface area contributed by atoms with Crippen molar-refractivity contribution >= 4 is 17.5 Å². The van der Waals surface area contributed by atoms with Crippen molar-refractivity contribution in [1.82, 2.24) is 15.1 Å². The molecular formula is C21H29N5O. The van der Waals surface area contributed by atoms with Gasteiger partial charge in [0, 0.05) is 45.8 Å². The summed E-state index contributed by atoms with van der Waals surface area (Å²) in [5, 5.41) is 8.55. The molecule has 1 saturated heterocycles. The summed E-state index contributed by atoms with van der Waals surface area (Å²) in [5.74, 6) is 1.80. The summed E-state index contributed by atoms with van der Waals surface area (Å²) in [6.07, 6.45) is 0. The maximum absolute atomic E-state index is 12.8. The van der Waals surface area contributed by atoms with Gasteiger partial charge in [0.1, 0.15) is 0 Å². The molecule has 6 heteroatoms. The van der Waals surface area contributed by atoms with E-state index in [9.17, 15) is 4.79 Å². The van der Waals surface area contributed by atoms with Gasteiger partial charge in [-0.1, -0.05) is 32.9 Å². The van der Waals surface area contributed by atoms with Crippen LogP contribution in [0, 0.1) is 0 Å². The maximum Gasteiger partial charge on any atom is 0.253 e. The third kappa shape index (κ3) is 4.38. The number of hydrogen-bond acceptors (Lipinski definition) is 5. The quantitative estimate of drug-likeness (QED) is 0.835. The molecule has 1 aromatic carbocycles. The summed E-state index contributed by atoms with van der Waals surface area (Å²) in [6, 6.07) is 12.0. The zero-order valence-electron chi connectivity index (χ0n) is 16.9. The highest BCUT2D eigenvalue weighted by Gasteiger charge is 2.23. The van der Waals surface area contributed by atoms with Gasteiger partial charge in [0.2, 0.25) is 0 Å². The third-order valence-electron chi connectivity index (χ3n) is 4.98. The van der Waals surface area contributed by atoms with Crippen molar-refractivity contribution in [1.29, 1.82) is 0 Å². The fraction of sp³-hybridized carbons (Fsp3) is 0.476. The third-order valence-corrected chi connectivity index (χ3v) is 4.98. The van der Waals surface area contributed by atoms with E-state index >= 15 is 0 Å². The predicted molar refractivity (Wildman–Crippen MR) is 110 cm³/mol. The first-order chi connectivity index (χ1) is 12.8. The van der Waals surface area contributed by atoms with Gasteiger partial charge in [-0.05, 0) is 35.2 Å². The van der Waals surface area contributed by atoms with Crippen LogP contribution in [0.25, 0.3) is 0 Å². The smallest absolute Gasteiger partial charge is 0.253 e. The lowest BCUT2D eigenvalue weighted by molar-refractivity contribution is 0.0746. The van der Waals surface area contributed by atoms with Crippen molar-refractivity contribution in [3.8, 4) is 0 Å². The summed E-state index contributed by atoms with van der Waals surface area (Å²) in [5.41, 5.74) is 2.09. The number of benzene rings is 1. The number of hydrogen-bond donors (Lipinski definition) is 0. The number of anilines is 2. The van der Waals surface area contributed by atoms with E-state index in [0.29, 0.717) is 13.1 Å². The average molecular weight is 367 g/mol. The molecule has 0 unspecified atom stereocenters. The summed E-state index contributed by atoms with van der Waals surface area (Å²) in [7, 11) is 3.89. The van der Waals surface area contributed by atoms with Gasteiger partial charge in [0.05, 0.1) is 0 Å². The number of rotatable bonds is 3. The number of carbonyl (C=O) groups excluding carboxylic acids is 1. The number of carbonyl (C=O) groups is 1. The first-order valence-corrected chi connectivity index (χ1v) is 9.41. The van der Waals surface area contributed by atoms with E-state index in [1.165, 1.54) is 5.56 Å². The van der Waals surface area contributed by atoms with E-state index in [-0.39, 0.29) is 11.3 Å². The Hall–Kier alpha value is -2.63. The molecule has 0 radical (unpaired) electrons. The Morgan fingerprint density at radius 3 is 2.04 bits per heavy atom. The molecule has 1 amide bonds. The van der Waals surface area contributed by atoms with E-state index in [4.69, 9.17) is 0 Å². The minimum absolute atomic E-state index is 0.0936. The van der Waals surface area contributed by atoms with E-state index in [0.717, 1.165) is 30.3 Å². The lowest BCUT2D eigenvalue weighted by Crippen LogP contribution is -2.49. The molecule has 1 aliphatic rings. The van der Waals surface area contributed by atoms with Gasteiger partial charge in [-0.2, -0.15) is 0 Å². The fourth-order valence-electron chi connectivity index (χ4n) is 3.16. The highest BCUT2D eigenvalue weighted by molar-refractivity contribution is 5.94. The molecule has 0 spiro atoms. The Morgan fingerprint density at radius 1 is 0.926 bits per heavy atom. The second-order valence-corrected chi connectivity index (χ2v) is 8.25. The van der Waals surface area contributed by atoms with Gasteiger partial charge in [-0.25, -0.2) is 0 Å². The summed E-state index contributed by atoms with van der Waals surface area (Å²) < 4.78 is 0. The largest absolute Gasteiger partial charge is 0.361 e. The first kappa shape index (κ1) is 19.1. The molecule has 0 atom stereocenters. The van der Waals surface area contributed by atoms with Crippen LogP contribution in [-0.2, 0) is 5.41 Å². The van der Waals surface area contributed by atoms with Gasteiger partial charge in [0.15, 0.2) is 11.6 Å². The summed E-state index contributed by atoms with van der Waals surface area (Å²) in [6.45, 7) is 9.45. The van der Waals surface area contributed by atoms with E-state index in [1.807, 2.05) is 48.2 Å². The first-order valence-electron chi connectivity index (χ1n) is 9.41. The second-order valence-electron chi connectivity index (χ2n) is 8.25. The highest BCUT2D eigenvalue weighted by atomic mass is 16.2. The normalized spacial score (nSPS) is 15.0. The summed E-state index contributed by atoms with van der Waals surface area (Å²) in [4.78, 5) is 18.8. The van der Waals surface area contributed by atoms with Crippen LogP contribution >= 0.6 is 0 Å². The van der Waals surface area contributed by atoms with Crippen LogP contribution in [-0.4, -0.2) is 61.3 Å². The van der Waals surface area contributed by atoms with Gasteiger partial charge >= 0.3 is 0 Å². The van der Waals surface area contributed by atoms with Crippen LogP contribution in [0.2, 0.25) is 0 Å². The molecule has 0 saturated carbocycles.